The van der Waals surface area contributed by atoms with Crippen molar-refractivity contribution in [3.63, 3.8) is 0 Å². The topological polar surface area (TPSA) is 21.7 Å². The molecule has 1 aliphatic heterocycles. The molecule has 1 heterocycles. The monoisotopic (exact) mass is 373 g/mol. The van der Waals surface area contributed by atoms with Gasteiger partial charge in [-0.1, -0.05) is 30.3 Å². The summed E-state index contributed by atoms with van der Waals surface area (Å²) in [6.45, 7) is 2.27. The van der Waals surface area contributed by atoms with Crippen LogP contribution in [0.4, 0.5) is 0 Å². The first-order valence-electron chi connectivity index (χ1n) is 9.30. The molecule has 0 spiro atoms. The molecule has 0 saturated carbocycles. The SMILES string of the molecule is COc1cc2c(cc1OC)CC1C(CCCN1Cc1ccccc1)C2.Cl. The van der Waals surface area contributed by atoms with Crippen molar-refractivity contribution in [2.45, 2.75) is 38.3 Å². The van der Waals surface area contributed by atoms with Gasteiger partial charge in [0, 0.05) is 12.6 Å². The fourth-order valence-electron chi connectivity index (χ4n) is 4.61. The lowest BCUT2D eigenvalue weighted by Crippen LogP contribution is -2.48. The number of hydrogen-bond acceptors (Lipinski definition) is 3. The Kier molecular flexibility index (Phi) is 6.10. The molecule has 1 aliphatic carbocycles. The molecule has 0 N–H and O–H groups in total. The number of likely N-dealkylation sites (tertiary alicyclic amines) is 1. The molecule has 1 saturated heterocycles. The predicted molar refractivity (Wildman–Crippen MR) is 108 cm³/mol. The second-order valence-electron chi connectivity index (χ2n) is 7.31. The van der Waals surface area contributed by atoms with Gasteiger partial charge in [-0.25, -0.2) is 0 Å². The molecule has 1 fully saturated rings. The third-order valence-electron chi connectivity index (χ3n) is 5.88. The highest BCUT2D eigenvalue weighted by atomic mass is 35.5. The molecule has 0 amide bonds. The lowest BCUT2D eigenvalue weighted by atomic mass is 9.75. The van der Waals surface area contributed by atoms with E-state index >= 15 is 0 Å². The van der Waals surface area contributed by atoms with Crippen LogP contribution in [0.25, 0.3) is 0 Å². The van der Waals surface area contributed by atoms with E-state index in [-0.39, 0.29) is 12.4 Å². The summed E-state index contributed by atoms with van der Waals surface area (Å²) in [6.07, 6.45) is 4.92. The number of methoxy groups -OCH3 is 2. The van der Waals surface area contributed by atoms with Gasteiger partial charge in [-0.15, -0.1) is 12.4 Å². The highest BCUT2D eigenvalue weighted by molar-refractivity contribution is 5.85. The van der Waals surface area contributed by atoms with Crippen molar-refractivity contribution in [3.05, 3.63) is 59.2 Å². The number of rotatable bonds is 4. The average molecular weight is 374 g/mol. The van der Waals surface area contributed by atoms with E-state index in [1.165, 1.54) is 36.1 Å². The van der Waals surface area contributed by atoms with Crippen molar-refractivity contribution >= 4 is 12.4 Å². The first-order valence-corrected chi connectivity index (χ1v) is 9.30. The fraction of sp³-hybridized carbons (Fsp3) is 0.455. The summed E-state index contributed by atoms with van der Waals surface area (Å²) in [5.41, 5.74) is 4.29. The van der Waals surface area contributed by atoms with Crippen LogP contribution in [0.5, 0.6) is 11.5 Å². The molecule has 2 atom stereocenters. The van der Waals surface area contributed by atoms with Gasteiger partial charge in [0.2, 0.25) is 0 Å². The summed E-state index contributed by atoms with van der Waals surface area (Å²) in [4.78, 5) is 2.70. The Morgan fingerprint density at radius 2 is 1.62 bits per heavy atom. The number of halogens is 1. The van der Waals surface area contributed by atoms with Gasteiger partial charge >= 0.3 is 0 Å². The molecule has 2 aliphatic rings. The van der Waals surface area contributed by atoms with Crippen LogP contribution < -0.4 is 9.47 Å². The third kappa shape index (κ3) is 3.70. The Hall–Kier alpha value is -1.71. The van der Waals surface area contributed by atoms with E-state index in [1.807, 2.05) is 0 Å². The molecule has 4 heteroatoms. The van der Waals surface area contributed by atoms with Gasteiger partial charge < -0.3 is 9.47 Å². The first kappa shape index (κ1) is 19.1. The van der Waals surface area contributed by atoms with Crippen molar-refractivity contribution in [1.82, 2.24) is 4.90 Å². The summed E-state index contributed by atoms with van der Waals surface area (Å²) in [5.74, 6) is 2.46. The minimum atomic E-state index is 0. The minimum absolute atomic E-state index is 0. The maximum Gasteiger partial charge on any atom is 0.161 e. The van der Waals surface area contributed by atoms with Gasteiger partial charge in [0.1, 0.15) is 0 Å². The van der Waals surface area contributed by atoms with E-state index in [0.717, 1.165) is 36.8 Å². The molecular formula is C22H28ClNO2. The van der Waals surface area contributed by atoms with Gasteiger partial charge in [-0.3, -0.25) is 4.90 Å². The third-order valence-corrected chi connectivity index (χ3v) is 5.88. The van der Waals surface area contributed by atoms with E-state index in [2.05, 4.69) is 47.4 Å². The van der Waals surface area contributed by atoms with Gasteiger partial charge in [0.05, 0.1) is 14.2 Å². The zero-order valence-corrected chi connectivity index (χ0v) is 16.4. The molecule has 26 heavy (non-hydrogen) atoms. The standard InChI is InChI=1S/C22H27NO2.ClH/c1-24-21-13-18-11-17-9-6-10-23(15-16-7-4-3-5-8-16)20(17)12-19(18)14-22(21)25-2;/h3-5,7-8,13-14,17,20H,6,9-12,15H2,1-2H3;1H. The largest absolute Gasteiger partial charge is 0.493 e. The molecule has 2 aromatic carbocycles. The highest BCUT2D eigenvalue weighted by Gasteiger charge is 2.36. The smallest absolute Gasteiger partial charge is 0.161 e. The van der Waals surface area contributed by atoms with Gasteiger partial charge in [0.15, 0.2) is 11.5 Å². The average Bonchev–Trinajstić information content (AvgIpc) is 2.66. The summed E-state index contributed by atoms with van der Waals surface area (Å²) >= 11 is 0. The molecule has 0 aromatic heterocycles. The molecule has 2 unspecified atom stereocenters. The summed E-state index contributed by atoms with van der Waals surface area (Å²) < 4.78 is 11.0. The van der Waals surface area contributed by atoms with Crippen LogP contribution in [-0.2, 0) is 19.4 Å². The number of hydrogen-bond donors (Lipinski definition) is 0. The van der Waals surface area contributed by atoms with Crippen LogP contribution in [0.2, 0.25) is 0 Å². The second kappa shape index (κ2) is 8.32. The maximum absolute atomic E-state index is 5.52. The second-order valence-corrected chi connectivity index (χ2v) is 7.31. The zero-order chi connectivity index (χ0) is 17.2. The quantitative estimate of drug-likeness (QED) is 0.787. The molecule has 0 bridgehead atoms. The van der Waals surface area contributed by atoms with Crippen molar-refractivity contribution < 1.29 is 9.47 Å². The minimum Gasteiger partial charge on any atom is -0.493 e. The summed E-state index contributed by atoms with van der Waals surface area (Å²) in [6, 6.07) is 15.9. The lowest BCUT2D eigenvalue weighted by Gasteiger charge is -2.45. The van der Waals surface area contributed by atoms with Crippen molar-refractivity contribution in [2.24, 2.45) is 5.92 Å². The highest BCUT2D eigenvalue weighted by Crippen LogP contribution is 2.40. The van der Waals surface area contributed by atoms with Crippen LogP contribution in [0.3, 0.4) is 0 Å². The summed E-state index contributed by atoms with van der Waals surface area (Å²) in [7, 11) is 3.44. The molecule has 2 aromatic rings. The molecule has 0 radical (unpaired) electrons. The Morgan fingerprint density at radius 1 is 0.962 bits per heavy atom. The first-order chi connectivity index (χ1) is 12.3. The Bertz CT molecular complexity index is 734. The van der Waals surface area contributed by atoms with E-state index in [0.29, 0.717) is 6.04 Å². The van der Waals surface area contributed by atoms with Crippen LogP contribution in [0, 0.1) is 5.92 Å². The van der Waals surface area contributed by atoms with E-state index in [1.54, 1.807) is 14.2 Å². The maximum atomic E-state index is 5.52. The Labute approximate surface area is 162 Å². The van der Waals surface area contributed by atoms with Gasteiger partial charge in [0.25, 0.3) is 0 Å². The number of benzene rings is 2. The fourth-order valence-corrected chi connectivity index (χ4v) is 4.61. The molecule has 140 valence electrons. The number of nitrogens with zero attached hydrogens (tertiary/aromatic N) is 1. The van der Waals surface area contributed by atoms with Crippen molar-refractivity contribution in [1.29, 1.82) is 0 Å². The normalized spacial score (nSPS) is 21.9. The van der Waals surface area contributed by atoms with Crippen molar-refractivity contribution in [2.75, 3.05) is 20.8 Å². The van der Waals surface area contributed by atoms with Crippen LogP contribution >= 0.6 is 12.4 Å². The predicted octanol–water partition coefficient (Wildman–Crippen LogP) is 4.51. The Morgan fingerprint density at radius 3 is 2.27 bits per heavy atom. The van der Waals surface area contributed by atoms with Gasteiger partial charge in [-0.2, -0.15) is 0 Å². The van der Waals surface area contributed by atoms with Crippen LogP contribution in [-0.4, -0.2) is 31.7 Å². The number of fused-ring (bicyclic) bond motifs is 2. The van der Waals surface area contributed by atoms with E-state index < -0.39 is 0 Å². The van der Waals surface area contributed by atoms with Crippen LogP contribution in [0.1, 0.15) is 29.5 Å². The number of piperidine rings is 1. The molecule has 4 rings (SSSR count). The summed E-state index contributed by atoms with van der Waals surface area (Å²) in [5, 5.41) is 0. The Balaban J connectivity index is 0.00000196. The van der Waals surface area contributed by atoms with Gasteiger partial charge in [-0.05, 0) is 67.0 Å². The van der Waals surface area contributed by atoms with E-state index in [9.17, 15) is 0 Å². The molecule has 3 nitrogen and oxygen atoms in total. The number of ether oxygens (including phenoxy) is 2. The molecular weight excluding hydrogens is 346 g/mol. The van der Waals surface area contributed by atoms with Crippen molar-refractivity contribution in [3.8, 4) is 11.5 Å². The lowest BCUT2D eigenvalue weighted by molar-refractivity contribution is 0.0783. The zero-order valence-electron chi connectivity index (χ0n) is 15.6. The van der Waals surface area contributed by atoms with Crippen LogP contribution in [0.15, 0.2) is 42.5 Å². The van der Waals surface area contributed by atoms with E-state index in [4.69, 9.17) is 9.47 Å².